The number of amides is 1. The number of anilines is 2. The van der Waals surface area contributed by atoms with Gasteiger partial charge in [0, 0.05) is 30.5 Å². The number of carbonyl (C=O) groups is 1. The molecule has 2 N–H and O–H groups in total. The van der Waals surface area contributed by atoms with E-state index in [2.05, 4.69) is 10.0 Å². The highest BCUT2D eigenvalue weighted by Gasteiger charge is 2.29. The van der Waals surface area contributed by atoms with Crippen LogP contribution in [0.5, 0.6) is 0 Å². The Morgan fingerprint density at radius 1 is 1.03 bits per heavy atom. The first kappa shape index (κ1) is 22.0. The maximum atomic E-state index is 12.5. The first-order valence-electron chi connectivity index (χ1n) is 9.96. The number of likely N-dealkylation sites (tertiary alicyclic amines) is 1. The van der Waals surface area contributed by atoms with E-state index in [0.717, 1.165) is 17.7 Å². The highest BCUT2D eigenvalue weighted by molar-refractivity contribution is 7.92. The number of hydrogen-bond acceptors (Lipinski definition) is 5. The van der Waals surface area contributed by atoms with E-state index in [1.54, 1.807) is 41.3 Å². The van der Waals surface area contributed by atoms with Crippen molar-refractivity contribution in [2.24, 2.45) is 0 Å². The molecule has 3 rings (SSSR count). The summed E-state index contributed by atoms with van der Waals surface area (Å²) in [5.74, 6) is 0. The van der Waals surface area contributed by atoms with Crippen molar-refractivity contribution < 1.29 is 17.9 Å². The molecule has 0 radical (unpaired) electrons. The van der Waals surface area contributed by atoms with Crippen molar-refractivity contribution in [3.8, 4) is 0 Å². The molecule has 162 valence electrons. The number of aryl methyl sites for hydroxylation is 1. The lowest BCUT2D eigenvalue weighted by Gasteiger charge is -2.24. The monoisotopic (exact) mass is 431 g/mol. The molecule has 1 saturated heterocycles. The molecule has 2 aromatic rings. The number of sulfonamides is 1. The number of nitrogens with zero attached hydrogens (tertiary/aromatic N) is 1. The average molecular weight is 432 g/mol. The summed E-state index contributed by atoms with van der Waals surface area (Å²) in [6.45, 7) is 8.67. The van der Waals surface area contributed by atoms with E-state index >= 15 is 0 Å². The zero-order chi connectivity index (χ0) is 21.9. The number of hydrogen-bond donors (Lipinski definition) is 2. The molecule has 1 aliphatic rings. The van der Waals surface area contributed by atoms with Crippen molar-refractivity contribution in [2.45, 2.75) is 50.7 Å². The van der Waals surface area contributed by atoms with Gasteiger partial charge < -0.3 is 15.0 Å². The standard InChI is InChI=1S/C22H29N3O4S/c1-16-5-11-20(12-6-16)30(27,28)24-18-9-7-17(8-10-18)23-19-13-14-25(15-19)21(26)29-22(2,3)4/h5-12,19,23-24H,13-15H2,1-4H3. The third-order valence-electron chi connectivity index (χ3n) is 4.68. The number of benzene rings is 2. The molecule has 0 spiro atoms. The molecular weight excluding hydrogens is 402 g/mol. The van der Waals surface area contributed by atoms with Crippen molar-refractivity contribution >= 4 is 27.5 Å². The van der Waals surface area contributed by atoms with Crippen LogP contribution in [0, 0.1) is 6.92 Å². The molecular formula is C22H29N3O4S. The maximum Gasteiger partial charge on any atom is 0.410 e. The van der Waals surface area contributed by atoms with Gasteiger partial charge in [-0.25, -0.2) is 13.2 Å². The number of rotatable bonds is 5. The van der Waals surface area contributed by atoms with Crippen LogP contribution in [0.1, 0.15) is 32.8 Å². The summed E-state index contributed by atoms with van der Waals surface area (Å²) >= 11 is 0. The highest BCUT2D eigenvalue weighted by atomic mass is 32.2. The van der Waals surface area contributed by atoms with E-state index < -0.39 is 15.6 Å². The minimum absolute atomic E-state index is 0.118. The molecule has 0 aliphatic carbocycles. The van der Waals surface area contributed by atoms with E-state index in [1.165, 1.54) is 0 Å². The third-order valence-corrected chi connectivity index (χ3v) is 6.08. The summed E-state index contributed by atoms with van der Waals surface area (Å²) in [5.41, 5.74) is 1.85. The first-order valence-corrected chi connectivity index (χ1v) is 11.4. The molecule has 30 heavy (non-hydrogen) atoms. The average Bonchev–Trinajstić information content (AvgIpc) is 3.11. The van der Waals surface area contributed by atoms with E-state index in [1.807, 2.05) is 39.8 Å². The normalized spacial score (nSPS) is 16.9. The van der Waals surface area contributed by atoms with Crippen LogP contribution in [-0.4, -0.2) is 44.1 Å². The second kappa shape index (κ2) is 8.55. The summed E-state index contributed by atoms with van der Waals surface area (Å²) in [5, 5.41) is 3.39. The van der Waals surface area contributed by atoms with E-state index in [4.69, 9.17) is 4.74 Å². The lowest BCUT2D eigenvalue weighted by atomic mass is 10.2. The quantitative estimate of drug-likeness (QED) is 0.740. The third kappa shape index (κ3) is 5.89. The van der Waals surface area contributed by atoms with Gasteiger partial charge in [-0.15, -0.1) is 0 Å². The van der Waals surface area contributed by atoms with Gasteiger partial charge in [0.2, 0.25) is 0 Å². The Morgan fingerprint density at radius 3 is 2.23 bits per heavy atom. The van der Waals surface area contributed by atoms with Crippen molar-refractivity contribution in [3.63, 3.8) is 0 Å². The van der Waals surface area contributed by atoms with Crippen molar-refractivity contribution in [1.82, 2.24) is 4.90 Å². The van der Waals surface area contributed by atoms with Crippen LogP contribution in [-0.2, 0) is 14.8 Å². The van der Waals surface area contributed by atoms with Crippen LogP contribution in [0.15, 0.2) is 53.4 Å². The topological polar surface area (TPSA) is 87.7 Å². The fourth-order valence-corrected chi connectivity index (χ4v) is 4.23. The number of ether oxygens (including phenoxy) is 1. The molecule has 2 aromatic carbocycles. The summed E-state index contributed by atoms with van der Waals surface area (Å²) < 4.78 is 33.0. The van der Waals surface area contributed by atoms with Gasteiger partial charge in [-0.3, -0.25) is 4.72 Å². The summed E-state index contributed by atoms with van der Waals surface area (Å²) in [6, 6.07) is 13.9. The Kier molecular flexibility index (Phi) is 6.26. The van der Waals surface area contributed by atoms with E-state index in [9.17, 15) is 13.2 Å². The predicted molar refractivity (Wildman–Crippen MR) is 118 cm³/mol. The Hall–Kier alpha value is -2.74. The SMILES string of the molecule is Cc1ccc(S(=O)(=O)Nc2ccc(NC3CCN(C(=O)OC(C)(C)C)C3)cc2)cc1. The lowest BCUT2D eigenvalue weighted by molar-refractivity contribution is 0.0293. The summed E-state index contributed by atoms with van der Waals surface area (Å²) in [4.78, 5) is 14.1. The Bertz CT molecular complexity index is 981. The molecule has 8 heteroatoms. The molecule has 1 aliphatic heterocycles. The van der Waals surface area contributed by atoms with Gasteiger partial charge in [0.05, 0.1) is 4.90 Å². The van der Waals surface area contributed by atoms with Crippen LogP contribution in [0.2, 0.25) is 0 Å². The molecule has 1 fully saturated rings. The molecule has 0 saturated carbocycles. The predicted octanol–water partition coefficient (Wildman–Crippen LogP) is 4.22. The lowest BCUT2D eigenvalue weighted by Crippen LogP contribution is -2.36. The Labute approximate surface area is 178 Å². The van der Waals surface area contributed by atoms with Crippen LogP contribution in [0.3, 0.4) is 0 Å². The van der Waals surface area contributed by atoms with Crippen LogP contribution in [0.4, 0.5) is 16.2 Å². The van der Waals surface area contributed by atoms with Crippen molar-refractivity contribution in [1.29, 1.82) is 0 Å². The molecule has 1 atom stereocenters. The molecule has 1 unspecified atom stereocenters. The van der Waals surface area contributed by atoms with Crippen molar-refractivity contribution in [2.75, 3.05) is 23.1 Å². The fraction of sp³-hybridized carbons (Fsp3) is 0.409. The highest BCUT2D eigenvalue weighted by Crippen LogP contribution is 2.22. The zero-order valence-electron chi connectivity index (χ0n) is 17.8. The molecule has 1 heterocycles. The number of carbonyl (C=O) groups excluding carboxylic acids is 1. The zero-order valence-corrected chi connectivity index (χ0v) is 18.6. The Balaban J connectivity index is 1.56. The molecule has 1 amide bonds. The van der Waals surface area contributed by atoms with Crippen LogP contribution >= 0.6 is 0 Å². The van der Waals surface area contributed by atoms with Gasteiger partial charge in [-0.05, 0) is 70.5 Å². The minimum atomic E-state index is -3.63. The van der Waals surface area contributed by atoms with Gasteiger partial charge >= 0.3 is 6.09 Å². The largest absolute Gasteiger partial charge is 0.444 e. The number of nitrogens with one attached hydrogen (secondary N) is 2. The van der Waals surface area contributed by atoms with Crippen LogP contribution < -0.4 is 10.0 Å². The second-order valence-corrected chi connectivity index (χ2v) is 10.2. The smallest absolute Gasteiger partial charge is 0.410 e. The second-order valence-electron chi connectivity index (χ2n) is 8.55. The van der Waals surface area contributed by atoms with Crippen molar-refractivity contribution in [3.05, 3.63) is 54.1 Å². The minimum Gasteiger partial charge on any atom is -0.444 e. The van der Waals surface area contributed by atoms with Gasteiger partial charge in [-0.2, -0.15) is 0 Å². The fourth-order valence-electron chi connectivity index (χ4n) is 3.17. The van der Waals surface area contributed by atoms with E-state index in [-0.39, 0.29) is 17.0 Å². The van der Waals surface area contributed by atoms with Gasteiger partial charge in [0.15, 0.2) is 0 Å². The summed E-state index contributed by atoms with van der Waals surface area (Å²) in [6.07, 6.45) is 0.522. The molecule has 0 bridgehead atoms. The molecule has 0 aromatic heterocycles. The van der Waals surface area contributed by atoms with E-state index in [0.29, 0.717) is 18.8 Å². The Morgan fingerprint density at radius 2 is 1.63 bits per heavy atom. The van der Waals surface area contributed by atoms with Crippen LogP contribution in [0.25, 0.3) is 0 Å². The molecule has 7 nitrogen and oxygen atoms in total. The van der Waals surface area contributed by atoms with Gasteiger partial charge in [0.1, 0.15) is 5.60 Å². The maximum absolute atomic E-state index is 12.5. The van der Waals surface area contributed by atoms with Gasteiger partial charge in [0.25, 0.3) is 10.0 Å². The summed E-state index contributed by atoms with van der Waals surface area (Å²) in [7, 11) is -3.63. The first-order chi connectivity index (χ1) is 14.0. The van der Waals surface area contributed by atoms with Gasteiger partial charge in [-0.1, -0.05) is 17.7 Å².